The largest absolute Gasteiger partial charge is 0.463 e. The molecular formula is C27H26N2O5. The van der Waals surface area contributed by atoms with Crippen molar-refractivity contribution in [2.45, 2.75) is 46.1 Å². The van der Waals surface area contributed by atoms with E-state index in [0.717, 1.165) is 39.6 Å². The second kappa shape index (κ2) is 7.45. The number of pyridine rings is 1. The van der Waals surface area contributed by atoms with E-state index >= 15 is 0 Å². The number of piperidine rings is 1. The van der Waals surface area contributed by atoms with E-state index in [4.69, 9.17) is 8.83 Å². The number of aromatic nitrogens is 1. The van der Waals surface area contributed by atoms with Crippen LogP contribution in [0.3, 0.4) is 0 Å². The Hall–Kier alpha value is -3.61. The molecule has 4 aromatic rings. The summed E-state index contributed by atoms with van der Waals surface area (Å²) in [7, 11) is 0. The molecule has 0 saturated carbocycles. The normalized spacial score (nSPS) is 19.6. The van der Waals surface area contributed by atoms with Gasteiger partial charge in [0.1, 0.15) is 11.2 Å². The first-order chi connectivity index (χ1) is 16.3. The number of benzene rings is 1. The average molecular weight is 459 g/mol. The predicted octanol–water partition coefficient (Wildman–Crippen LogP) is 3.81. The molecule has 2 aliphatic rings. The highest BCUT2D eigenvalue weighted by Gasteiger charge is 2.36. The van der Waals surface area contributed by atoms with Crippen molar-refractivity contribution >= 4 is 27.8 Å². The molecule has 2 unspecified atom stereocenters. The van der Waals surface area contributed by atoms with Gasteiger partial charge in [-0.15, -0.1) is 0 Å². The fourth-order valence-electron chi connectivity index (χ4n) is 6.04. The Morgan fingerprint density at radius 3 is 2.71 bits per heavy atom. The number of carbonyl (C=O) groups excluding carboxylic acids is 1. The number of carbonyl (C=O) groups is 1. The summed E-state index contributed by atoms with van der Waals surface area (Å²) in [6.07, 6.45) is 2.67. The van der Waals surface area contributed by atoms with Crippen LogP contribution in [0.5, 0.6) is 0 Å². The van der Waals surface area contributed by atoms with Crippen molar-refractivity contribution in [2.24, 2.45) is 5.92 Å². The molecule has 1 saturated heterocycles. The van der Waals surface area contributed by atoms with Crippen LogP contribution in [0.15, 0.2) is 49.0 Å². The maximum Gasteiger partial charge on any atom is 0.340 e. The van der Waals surface area contributed by atoms with E-state index in [-0.39, 0.29) is 29.7 Å². The molecule has 3 aromatic heterocycles. The van der Waals surface area contributed by atoms with Gasteiger partial charge in [0, 0.05) is 42.7 Å². The van der Waals surface area contributed by atoms with Crippen LogP contribution in [-0.4, -0.2) is 28.5 Å². The number of hydrogen-bond donors (Lipinski definition) is 0. The number of hydrogen-bond acceptors (Lipinski definition) is 5. The van der Waals surface area contributed by atoms with Gasteiger partial charge in [0.15, 0.2) is 0 Å². The van der Waals surface area contributed by atoms with E-state index in [1.807, 2.05) is 42.4 Å². The molecule has 2 aliphatic heterocycles. The van der Waals surface area contributed by atoms with E-state index in [2.05, 4.69) is 0 Å². The number of furan rings is 1. The minimum absolute atomic E-state index is 0.0137. The average Bonchev–Trinajstić information content (AvgIpc) is 3.19. The SMILES string of the molecule is Cc1coc2c1c(C)cc1oc(=O)c(CC(=O)N3CC4CC(C3)c3cccc(=O)n3C4)c(C)c12. The second-order valence-electron chi connectivity index (χ2n) is 9.86. The molecule has 2 atom stereocenters. The van der Waals surface area contributed by atoms with Crippen LogP contribution in [0.1, 0.15) is 40.3 Å². The van der Waals surface area contributed by atoms with Crippen LogP contribution in [0.4, 0.5) is 0 Å². The van der Waals surface area contributed by atoms with Gasteiger partial charge in [-0.3, -0.25) is 9.59 Å². The highest BCUT2D eigenvalue weighted by atomic mass is 16.4. The van der Waals surface area contributed by atoms with Crippen molar-refractivity contribution in [3.05, 3.63) is 79.3 Å². The summed E-state index contributed by atoms with van der Waals surface area (Å²) >= 11 is 0. The first kappa shape index (κ1) is 21.0. The van der Waals surface area contributed by atoms with Gasteiger partial charge in [0.05, 0.1) is 23.6 Å². The summed E-state index contributed by atoms with van der Waals surface area (Å²) in [5, 5.41) is 1.76. The lowest BCUT2D eigenvalue weighted by Gasteiger charge is -2.42. The van der Waals surface area contributed by atoms with Crippen LogP contribution in [0, 0.1) is 26.7 Å². The molecule has 7 heteroatoms. The summed E-state index contributed by atoms with van der Waals surface area (Å²) in [6, 6.07) is 7.23. The smallest absolute Gasteiger partial charge is 0.340 e. The molecule has 5 heterocycles. The Labute approximate surface area is 195 Å². The molecule has 174 valence electrons. The van der Waals surface area contributed by atoms with E-state index in [0.29, 0.717) is 36.4 Å². The van der Waals surface area contributed by atoms with Gasteiger partial charge in [-0.25, -0.2) is 4.79 Å². The van der Waals surface area contributed by atoms with Crippen molar-refractivity contribution in [3.63, 3.8) is 0 Å². The van der Waals surface area contributed by atoms with Gasteiger partial charge in [0.25, 0.3) is 5.56 Å². The zero-order valence-corrected chi connectivity index (χ0v) is 19.5. The predicted molar refractivity (Wildman–Crippen MR) is 128 cm³/mol. The third-order valence-corrected chi connectivity index (χ3v) is 7.63. The lowest BCUT2D eigenvalue weighted by Crippen LogP contribution is -2.49. The van der Waals surface area contributed by atoms with Crippen molar-refractivity contribution in [2.75, 3.05) is 13.1 Å². The second-order valence-corrected chi connectivity index (χ2v) is 9.86. The third kappa shape index (κ3) is 3.06. The first-order valence-electron chi connectivity index (χ1n) is 11.7. The number of fused-ring (bicyclic) bond motifs is 7. The Morgan fingerprint density at radius 2 is 1.88 bits per heavy atom. The number of aryl methyl sites for hydroxylation is 3. The molecule has 1 fully saturated rings. The quantitative estimate of drug-likeness (QED) is 0.427. The van der Waals surface area contributed by atoms with E-state index in [1.165, 1.54) is 0 Å². The number of amides is 1. The molecule has 34 heavy (non-hydrogen) atoms. The van der Waals surface area contributed by atoms with E-state index in [1.54, 1.807) is 18.4 Å². The van der Waals surface area contributed by atoms with Crippen LogP contribution < -0.4 is 11.2 Å². The fourth-order valence-corrected chi connectivity index (χ4v) is 6.04. The molecule has 1 amide bonds. The zero-order valence-electron chi connectivity index (χ0n) is 19.5. The summed E-state index contributed by atoms with van der Waals surface area (Å²) in [4.78, 5) is 40.4. The summed E-state index contributed by atoms with van der Waals surface area (Å²) in [5.74, 6) is 0.279. The van der Waals surface area contributed by atoms with Gasteiger partial charge in [-0.05, 0) is 61.9 Å². The minimum Gasteiger partial charge on any atom is -0.463 e. The highest BCUT2D eigenvalue weighted by Crippen LogP contribution is 2.36. The van der Waals surface area contributed by atoms with Crippen molar-refractivity contribution in [1.82, 2.24) is 9.47 Å². The molecule has 2 bridgehead atoms. The van der Waals surface area contributed by atoms with E-state index < -0.39 is 5.63 Å². The van der Waals surface area contributed by atoms with Crippen LogP contribution in [0.2, 0.25) is 0 Å². The Balaban J connectivity index is 1.35. The van der Waals surface area contributed by atoms with Gasteiger partial charge >= 0.3 is 5.63 Å². The van der Waals surface area contributed by atoms with Crippen LogP contribution in [0.25, 0.3) is 21.9 Å². The highest BCUT2D eigenvalue weighted by molar-refractivity contribution is 6.07. The maximum absolute atomic E-state index is 13.4. The van der Waals surface area contributed by atoms with Gasteiger partial charge in [0.2, 0.25) is 5.91 Å². The minimum atomic E-state index is -0.477. The van der Waals surface area contributed by atoms with Gasteiger partial charge in [-0.1, -0.05) is 6.07 Å². The number of nitrogens with zero attached hydrogens (tertiary/aromatic N) is 2. The molecule has 7 nitrogen and oxygen atoms in total. The monoisotopic (exact) mass is 458 g/mol. The van der Waals surface area contributed by atoms with Crippen LogP contribution in [-0.2, 0) is 17.8 Å². The topological polar surface area (TPSA) is 85.7 Å². The molecule has 1 aromatic carbocycles. The summed E-state index contributed by atoms with van der Waals surface area (Å²) in [5.41, 5.74) is 4.83. The number of rotatable bonds is 2. The molecule has 6 rings (SSSR count). The lowest BCUT2D eigenvalue weighted by molar-refractivity contribution is -0.133. The maximum atomic E-state index is 13.4. The Morgan fingerprint density at radius 1 is 1.06 bits per heavy atom. The third-order valence-electron chi connectivity index (χ3n) is 7.63. The molecule has 0 radical (unpaired) electrons. The summed E-state index contributed by atoms with van der Waals surface area (Å²) in [6.45, 7) is 7.59. The molecule has 0 spiro atoms. The lowest BCUT2D eigenvalue weighted by atomic mass is 9.83. The summed E-state index contributed by atoms with van der Waals surface area (Å²) < 4.78 is 13.4. The standard InChI is InChI=1S/C27H26N2O5/c1-14-7-21-25(26-24(14)15(2)13-33-26)16(3)19(27(32)34-21)9-23(31)28-10-17-8-18(12-28)20-5-4-6-22(30)29(20)11-17/h4-7,13,17-18H,8-12H2,1-3H3. The van der Waals surface area contributed by atoms with E-state index in [9.17, 15) is 14.4 Å². The Bertz CT molecular complexity index is 1610. The Kier molecular flexibility index (Phi) is 4.59. The van der Waals surface area contributed by atoms with Crippen molar-refractivity contribution in [3.8, 4) is 0 Å². The fraction of sp³-hybridized carbons (Fsp3) is 0.370. The van der Waals surface area contributed by atoms with Gasteiger partial charge < -0.3 is 18.3 Å². The van der Waals surface area contributed by atoms with Crippen molar-refractivity contribution < 1.29 is 13.6 Å². The molecule has 0 N–H and O–H groups in total. The number of likely N-dealkylation sites (tertiary alicyclic amines) is 1. The van der Waals surface area contributed by atoms with Crippen molar-refractivity contribution in [1.29, 1.82) is 0 Å². The molecular weight excluding hydrogens is 432 g/mol. The molecule has 0 aliphatic carbocycles. The first-order valence-corrected chi connectivity index (χ1v) is 11.7. The zero-order chi connectivity index (χ0) is 23.7. The van der Waals surface area contributed by atoms with Gasteiger partial charge in [-0.2, -0.15) is 0 Å². The van der Waals surface area contributed by atoms with Crippen LogP contribution >= 0.6 is 0 Å².